The van der Waals surface area contributed by atoms with Crippen molar-refractivity contribution in [2.24, 2.45) is 5.84 Å². The third kappa shape index (κ3) is 5.47. The number of benzene rings is 1. The van der Waals surface area contributed by atoms with Gasteiger partial charge >= 0.3 is 0 Å². The minimum Gasteiger partial charge on any atom is -0.327 e. The average molecular weight is 236 g/mol. The molecule has 1 aromatic rings. The van der Waals surface area contributed by atoms with Crippen molar-refractivity contribution in [2.75, 3.05) is 21.1 Å². The first kappa shape index (κ1) is 13.7. The molecule has 0 saturated heterocycles. The van der Waals surface area contributed by atoms with E-state index in [4.69, 9.17) is 5.84 Å². The van der Waals surface area contributed by atoms with E-state index in [1.54, 1.807) is 0 Å². The molecule has 0 radical (unpaired) electrons. The molecule has 0 bridgehead atoms. The highest BCUT2D eigenvalue weighted by atomic mass is 16.2. The third-order valence-corrected chi connectivity index (χ3v) is 2.48. The lowest BCUT2D eigenvalue weighted by Crippen LogP contribution is -2.33. The van der Waals surface area contributed by atoms with E-state index in [9.17, 15) is 4.79 Å². The van der Waals surface area contributed by atoms with Gasteiger partial charge < -0.3 is 4.48 Å². The largest absolute Gasteiger partial charge is 0.327 e. The van der Waals surface area contributed by atoms with E-state index < -0.39 is 0 Å². The molecule has 0 aliphatic rings. The van der Waals surface area contributed by atoms with Gasteiger partial charge in [-0.15, -0.1) is 0 Å². The summed E-state index contributed by atoms with van der Waals surface area (Å²) in [5.74, 6) is 4.90. The Kier molecular flexibility index (Phi) is 4.66. The average Bonchev–Trinajstić information content (AvgIpc) is 2.25. The smallest absolute Gasteiger partial charge is 0.234 e. The second-order valence-electron chi connectivity index (χ2n) is 5.33. The maximum absolute atomic E-state index is 11.0. The Morgan fingerprint density at radius 3 is 2.18 bits per heavy atom. The molecule has 0 unspecified atom stereocenters. The number of nitrogens with zero attached hydrogens (tertiary/aromatic N) is 1. The molecule has 0 fully saturated rings. The number of carbonyl (C=O) groups is 1. The number of hydrogen-bond donors (Lipinski definition) is 2. The van der Waals surface area contributed by atoms with E-state index in [1.165, 1.54) is 11.1 Å². The number of hydrogen-bond acceptors (Lipinski definition) is 2. The first-order chi connectivity index (χ1) is 7.90. The summed E-state index contributed by atoms with van der Waals surface area (Å²) in [5, 5.41) is 0. The lowest BCUT2D eigenvalue weighted by Gasteiger charge is -2.23. The molecule has 0 aromatic heterocycles. The number of amides is 1. The molecule has 4 nitrogen and oxygen atoms in total. The van der Waals surface area contributed by atoms with Gasteiger partial charge in [-0.3, -0.25) is 10.2 Å². The topological polar surface area (TPSA) is 55.1 Å². The number of aryl methyl sites for hydroxylation is 1. The van der Waals surface area contributed by atoms with Gasteiger partial charge in [-0.25, -0.2) is 5.84 Å². The van der Waals surface area contributed by atoms with Crippen LogP contribution in [0.15, 0.2) is 24.3 Å². The van der Waals surface area contributed by atoms with Gasteiger partial charge in [0, 0.05) is 12.0 Å². The van der Waals surface area contributed by atoms with Gasteiger partial charge in [0.1, 0.15) is 6.54 Å². The van der Waals surface area contributed by atoms with Crippen molar-refractivity contribution in [3.8, 4) is 0 Å². The Morgan fingerprint density at radius 1 is 1.18 bits per heavy atom. The molecule has 0 spiro atoms. The van der Waals surface area contributed by atoms with Crippen LogP contribution in [0.2, 0.25) is 0 Å². The van der Waals surface area contributed by atoms with Crippen LogP contribution in [-0.2, 0) is 17.8 Å². The van der Waals surface area contributed by atoms with Crippen LogP contribution in [0.25, 0.3) is 0 Å². The highest BCUT2D eigenvalue weighted by molar-refractivity contribution is 5.75. The molecule has 17 heavy (non-hydrogen) atoms. The molecule has 3 N–H and O–H groups in total. The van der Waals surface area contributed by atoms with Crippen LogP contribution in [0, 0.1) is 0 Å². The van der Waals surface area contributed by atoms with E-state index in [-0.39, 0.29) is 5.91 Å². The Balaban J connectivity index is 2.53. The summed E-state index contributed by atoms with van der Waals surface area (Å²) < 4.78 is 0.912. The molecule has 0 aliphatic heterocycles. The molecule has 1 amide bonds. The molecule has 0 saturated carbocycles. The zero-order valence-electron chi connectivity index (χ0n) is 10.9. The molecule has 0 heterocycles. The third-order valence-electron chi connectivity index (χ3n) is 2.48. The summed E-state index contributed by atoms with van der Waals surface area (Å²) in [7, 11) is 6.50. The number of quaternary nitrogens is 1. The molecule has 1 rings (SSSR count). The van der Waals surface area contributed by atoms with Gasteiger partial charge in [-0.1, -0.05) is 24.3 Å². The fraction of sp³-hybridized carbons (Fsp3) is 0.462. The molecular formula is C13H22N3O+. The van der Waals surface area contributed by atoms with Crippen molar-refractivity contribution < 1.29 is 9.28 Å². The van der Waals surface area contributed by atoms with Crippen LogP contribution in [0.3, 0.4) is 0 Å². The summed E-state index contributed by atoms with van der Waals surface area (Å²) in [4.78, 5) is 11.0. The number of carbonyl (C=O) groups excluding carboxylic acids is 1. The van der Waals surface area contributed by atoms with Crippen molar-refractivity contribution in [2.45, 2.75) is 19.4 Å². The fourth-order valence-electron chi connectivity index (χ4n) is 1.69. The second kappa shape index (κ2) is 5.80. The van der Waals surface area contributed by atoms with Gasteiger partial charge in [0.25, 0.3) is 0 Å². The lowest BCUT2D eigenvalue weighted by atomic mass is 10.1. The SMILES string of the molecule is C[N+](C)(C)Cc1ccc(CCC(=O)NN)cc1. The zero-order chi connectivity index (χ0) is 12.9. The van der Waals surface area contributed by atoms with Crippen molar-refractivity contribution >= 4 is 5.91 Å². The van der Waals surface area contributed by atoms with Crippen molar-refractivity contribution in [3.05, 3.63) is 35.4 Å². The van der Waals surface area contributed by atoms with Gasteiger partial charge in [-0.2, -0.15) is 0 Å². The first-order valence-electron chi connectivity index (χ1n) is 5.78. The van der Waals surface area contributed by atoms with Gasteiger partial charge in [-0.05, 0) is 12.0 Å². The minimum absolute atomic E-state index is 0.125. The van der Waals surface area contributed by atoms with Crippen LogP contribution in [0.4, 0.5) is 0 Å². The van der Waals surface area contributed by atoms with Gasteiger partial charge in [0.05, 0.1) is 21.1 Å². The van der Waals surface area contributed by atoms with E-state index in [0.717, 1.165) is 17.4 Å². The molecule has 0 atom stereocenters. The van der Waals surface area contributed by atoms with Crippen LogP contribution in [-0.4, -0.2) is 31.5 Å². The maximum Gasteiger partial charge on any atom is 0.234 e. The van der Waals surface area contributed by atoms with Crippen LogP contribution < -0.4 is 11.3 Å². The predicted molar refractivity (Wildman–Crippen MR) is 68.8 cm³/mol. The summed E-state index contributed by atoms with van der Waals surface area (Å²) in [5.41, 5.74) is 4.61. The van der Waals surface area contributed by atoms with Crippen molar-refractivity contribution in [1.29, 1.82) is 0 Å². The number of nitrogens with two attached hydrogens (primary N) is 1. The summed E-state index contributed by atoms with van der Waals surface area (Å²) in [6.45, 7) is 1.00. The highest BCUT2D eigenvalue weighted by Crippen LogP contribution is 2.10. The Labute approximate surface area is 103 Å². The molecule has 1 aromatic carbocycles. The van der Waals surface area contributed by atoms with Crippen LogP contribution in [0.5, 0.6) is 0 Å². The molecular weight excluding hydrogens is 214 g/mol. The van der Waals surface area contributed by atoms with Gasteiger partial charge in [0.2, 0.25) is 5.91 Å². The van der Waals surface area contributed by atoms with Crippen LogP contribution in [0.1, 0.15) is 17.5 Å². The Morgan fingerprint density at radius 2 is 1.71 bits per heavy atom. The highest BCUT2D eigenvalue weighted by Gasteiger charge is 2.08. The monoisotopic (exact) mass is 236 g/mol. The summed E-state index contributed by atoms with van der Waals surface area (Å²) >= 11 is 0. The number of nitrogens with one attached hydrogen (secondary N) is 1. The predicted octanol–water partition coefficient (Wildman–Crippen LogP) is 0.815. The van der Waals surface area contributed by atoms with Crippen molar-refractivity contribution in [3.63, 3.8) is 0 Å². The second-order valence-corrected chi connectivity index (χ2v) is 5.33. The molecule has 4 heteroatoms. The van der Waals surface area contributed by atoms with Crippen LogP contribution >= 0.6 is 0 Å². The summed E-state index contributed by atoms with van der Waals surface area (Å²) in [6, 6.07) is 8.40. The quantitative estimate of drug-likeness (QED) is 0.344. The van der Waals surface area contributed by atoms with E-state index in [0.29, 0.717) is 6.42 Å². The molecule has 94 valence electrons. The van der Waals surface area contributed by atoms with E-state index in [1.807, 2.05) is 0 Å². The fourth-order valence-corrected chi connectivity index (χ4v) is 1.69. The van der Waals surface area contributed by atoms with Crippen molar-refractivity contribution in [1.82, 2.24) is 5.43 Å². The standard InChI is InChI=1S/C13H21N3O/c1-16(2,3)10-12-6-4-11(5-7-12)8-9-13(17)15-14/h4-7H,8-10,14H2,1-3H3/p+1. The first-order valence-corrected chi connectivity index (χ1v) is 5.78. The lowest BCUT2D eigenvalue weighted by molar-refractivity contribution is -0.884. The van der Waals surface area contributed by atoms with E-state index >= 15 is 0 Å². The Bertz CT molecular complexity index is 365. The zero-order valence-corrected chi connectivity index (χ0v) is 10.9. The number of rotatable bonds is 5. The molecule has 0 aliphatic carbocycles. The normalized spacial score (nSPS) is 11.3. The minimum atomic E-state index is -0.125. The van der Waals surface area contributed by atoms with E-state index in [2.05, 4.69) is 50.8 Å². The Hall–Kier alpha value is -1.39. The number of hydrazine groups is 1. The maximum atomic E-state index is 11.0. The van der Waals surface area contributed by atoms with Gasteiger partial charge in [0.15, 0.2) is 0 Å². The summed E-state index contributed by atoms with van der Waals surface area (Å²) in [6.07, 6.45) is 1.17.